The van der Waals surface area contributed by atoms with Crippen molar-refractivity contribution in [1.82, 2.24) is 20.0 Å². The van der Waals surface area contributed by atoms with Gasteiger partial charge >= 0.3 is 0 Å². The highest BCUT2D eigenvalue weighted by atomic mass is 32.1. The summed E-state index contributed by atoms with van der Waals surface area (Å²) in [5, 5.41) is 16.9. The van der Waals surface area contributed by atoms with Gasteiger partial charge in [0.25, 0.3) is 5.91 Å². The molecule has 1 N–H and O–H groups in total. The van der Waals surface area contributed by atoms with Gasteiger partial charge in [-0.3, -0.25) is 10.1 Å². The molecule has 1 aliphatic carbocycles. The lowest BCUT2D eigenvalue weighted by atomic mass is 10.2. The zero-order valence-corrected chi connectivity index (χ0v) is 13.4. The molecule has 1 saturated carbocycles. The Bertz CT molecular complexity index is 850. The SMILES string of the molecule is Cc1c(C(=O)Nc2nnc(C3CC3)s2)cnn1-c1ccccc1. The maximum atomic E-state index is 12.4. The molecule has 2 aromatic heterocycles. The summed E-state index contributed by atoms with van der Waals surface area (Å²) in [4.78, 5) is 12.4. The van der Waals surface area contributed by atoms with Gasteiger partial charge < -0.3 is 0 Å². The van der Waals surface area contributed by atoms with Gasteiger partial charge in [0.05, 0.1) is 23.1 Å². The fourth-order valence-corrected chi connectivity index (χ4v) is 3.31. The first kappa shape index (κ1) is 14.1. The Kier molecular flexibility index (Phi) is 3.42. The number of rotatable bonds is 4. The summed E-state index contributed by atoms with van der Waals surface area (Å²) in [6, 6.07) is 9.74. The van der Waals surface area contributed by atoms with Crippen molar-refractivity contribution < 1.29 is 4.79 Å². The lowest BCUT2D eigenvalue weighted by Crippen LogP contribution is -2.13. The molecule has 7 heteroatoms. The summed E-state index contributed by atoms with van der Waals surface area (Å²) < 4.78 is 1.75. The number of carbonyl (C=O) groups is 1. The van der Waals surface area contributed by atoms with Gasteiger partial charge in [-0.1, -0.05) is 29.5 Å². The fourth-order valence-electron chi connectivity index (χ4n) is 2.41. The largest absolute Gasteiger partial charge is 0.296 e. The number of anilines is 1. The number of aromatic nitrogens is 4. The minimum Gasteiger partial charge on any atom is -0.296 e. The van der Waals surface area contributed by atoms with E-state index in [1.807, 2.05) is 37.3 Å². The Morgan fingerprint density at radius 3 is 2.78 bits per heavy atom. The standard InChI is InChI=1S/C16H15N5OS/c1-10-13(9-17-21(10)12-5-3-2-4-6-12)14(22)18-16-20-19-15(23-16)11-7-8-11/h2-6,9,11H,7-8H2,1H3,(H,18,20,22). The number of amides is 1. The molecule has 1 fully saturated rings. The third-order valence-electron chi connectivity index (χ3n) is 3.84. The van der Waals surface area contributed by atoms with Crippen LogP contribution >= 0.6 is 11.3 Å². The highest BCUT2D eigenvalue weighted by Crippen LogP contribution is 2.42. The van der Waals surface area contributed by atoms with E-state index >= 15 is 0 Å². The molecule has 3 aromatic rings. The topological polar surface area (TPSA) is 72.7 Å². The number of carbonyl (C=O) groups excluding carboxylic acids is 1. The van der Waals surface area contributed by atoms with E-state index in [-0.39, 0.29) is 5.91 Å². The highest BCUT2D eigenvalue weighted by molar-refractivity contribution is 7.15. The minimum atomic E-state index is -0.205. The van der Waals surface area contributed by atoms with Crippen molar-refractivity contribution >= 4 is 22.4 Å². The first-order chi connectivity index (χ1) is 11.2. The van der Waals surface area contributed by atoms with Crippen molar-refractivity contribution in [3.63, 3.8) is 0 Å². The molecule has 0 spiro atoms. The molecule has 0 bridgehead atoms. The molecule has 6 nitrogen and oxygen atoms in total. The van der Waals surface area contributed by atoms with Crippen LogP contribution in [0.5, 0.6) is 0 Å². The average Bonchev–Trinajstić information content (AvgIpc) is 3.19. The predicted molar refractivity (Wildman–Crippen MR) is 88.1 cm³/mol. The van der Waals surface area contributed by atoms with Gasteiger partial charge in [-0.05, 0) is 31.9 Å². The Labute approximate surface area is 137 Å². The molecule has 1 amide bonds. The molecule has 0 radical (unpaired) electrons. The van der Waals surface area contributed by atoms with Crippen LogP contribution in [0.25, 0.3) is 5.69 Å². The molecular formula is C16H15N5OS. The molecule has 0 atom stereocenters. The van der Waals surface area contributed by atoms with Gasteiger partial charge in [-0.15, -0.1) is 10.2 Å². The average molecular weight is 325 g/mol. The Morgan fingerprint density at radius 2 is 2.04 bits per heavy atom. The van der Waals surface area contributed by atoms with E-state index in [4.69, 9.17) is 0 Å². The maximum Gasteiger partial charge on any atom is 0.260 e. The second-order valence-corrected chi connectivity index (χ2v) is 6.57. The summed E-state index contributed by atoms with van der Waals surface area (Å²) >= 11 is 1.45. The Morgan fingerprint density at radius 1 is 1.26 bits per heavy atom. The van der Waals surface area contributed by atoms with Gasteiger partial charge in [0.1, 0.15) is 5.01 Å². The molecule has 0 saturated heterocycles. The lowest BCUT2D eigenvalue weighted by molar-refractivity contribution is 0.102. The zero-order chi connectivity index (χ0) is 15.8. The van der Waals surface area contributed by atoms with Crippen LogP contribution in [0.2, 0.25) is 0 Å². The molecule has 4 rings (SSSR count). The van der Waals surface area contributed by atoms with Crippen LogP contribution in [0.4, 0.5) is 5.13 Å². The van der Waals surface area contributed by atoms with E-state index < -0.39 is 0 Å². The van der Waals surface area contributed by atoms with Gasteiger partial charge in [-0.2, -0.15) is 5.10 Å². The van der Waals surface area contributed by atoms with Gasteiger partial charge in [0.2, 0.25) is 5.13 Å². The van der Waals surface area contributed by atoms with Crippen molar-refractivity contribution in [1.29, 1.82) is 0 Å². The van der Waals surface area contributed by atoms with Crippen molar-refractivity contribution in [2.24, 2.45) is 0 Å². The van der Waals surface area contributed by atoms with Crippen molar-refractivity contribution in [3.8, 4) is 5.69 Å². The molecule has 1 aliphatic rings. The number of hydrogen-bond acceptors (Lipinski definition) is 5. The van der Waals surface area contributed by atoms with Crippen LogP contribution < -0.4 is 5.32 Å². The van der Waals surface area contributed by atoms with Crippen LogP contribution in [0.1, 0.15) is 39.8 Å². The van der Waals surface area contributed by atoms with Crippen LogP contribution in [0.3, 0.4) is 0 Å². The van der Waals surface area contributed by atoms with Crippen molar-refractivity contribution in [3.05, 3.63) is 52.8 Å². The quantitative estimate of drug-likeness (QED) is 0.799. The normalized spacial score (nSPS) is 14.0. The third kappa shape index (κ3) is 2.75. The highest BCUT2D eigenvalue weighted by Gasteiger charge is 2.28. The fraction of sp³-hybridized carbons (Fsp3) is 0.250. The summed E-state index contributed by atoms with van der Waals surface area (Å²) in [7, 11) is 0. The van der Waals surface area contributed by atoms with E-state index in [0.29, 0.717) is 16.6 Å². The molecule has 116 valence electrons. The number of nitrogens with zero attached hydrogens (tertiary/aromatic N) is 4. The predicted octanol–water partition coefficient (Wildman–Crippen LogP) is 3.16. The van der Waals surface area contributed by atoms with Gasteiger partial charge in [-0.25, -0.2) is 4.68 Å². The maximum absolute atomic E-state index is 12.4. The molecule has 2 heterocycles. The number of nitrogens with one attached hydrogen (secondary N) is 1. The molecule has 0 aliphatic heterocycles. The second kappa shape index (κ2) is 5.58. The Balaban J connectivity index is 1.55. The van der Waals surface area contributed by atoms with Gasteiger partial charge in [0, 0.05) is 5.92 Å². The first-order valence-corrected chi connectivity index (χ1v) is 8.29. The number of para-hydroxylation sites is 1. The van der Waals surface area contributed by atoms with Crippen LogP contribution in [0.15, 0.2) is 36.5 Å². The van der Waals surface area contributed by atoms with Crippen molar-refractivity contribution in [2.45, 2.75) is 25.7 Å². The molecule has 23 heavy (non-hydrogen) atoms. The van der Waals surface area contributed by atoms with E-state index in [1.54, 1.807) is 10.9 Å². The van der Waals surface area contributed by atoms with Crippen LogP contribution in [0, 0.1) is 6.92 Å². The number of benzene rings is 1. The third-order valence-corrected chi connectivity index (χ3v) is 4.84. The van der Waals surface area contributed by atoms with E-state index in [9.17, 15) is 4.79 Å². The van der Waals surface area contributed by atoms with Crippen LogP contribution in [-0.4, -0.2) is 25.9 Å². The van der Waals surface area contributed by atoms with Crippen molar-refractivity contribution in [2.75, 3.05) is 5.32 Å². The second-order valence-electron chi connectivity index (χ2n) is 5.56. The zero-order valence-electron chi connectivity index (χ0n) is 12.6. The van der Waals surface area contributed by atoms with E-state index in [2.05, 4.69) is 20.6 Å². The molecule has 0 unspecified atom stereocenters. The summed E-state index contributed by atoms with van der Waals surface area (Å²) in [6.07, 6.45) is 3.93. The van der Waals surface area contributed by atoms with E-state index in [1.165, 1.54) is 24.2 Å². The summed E-state index contributed by atoms with van der Waals surface area (Å²) in [5.41, 5.74) is 2.26. The lowest BCUT2D eigenvalue weighted by Gasteiger charge is -2.05. The minimum absolute atomic E-state index is 0.205. The van der Waals surface area contributed by atoms with Crippen LogP contribution in [-0.2, 0) is 0 Å². The van der Waals surface area contributed by atoms with E-state index in [0.717, 1.165) is 16.4 Å². The van der Waals surface area contributed by atoms with Gasteiger partial charge in [0.15, 0.2) is 0 Å². The molecular weight excluding hydrogens is 310 g/mol. The summed E-state index contributed by atoms with van der Waals surface area (Å²) in [6.45, 7) is 1.88. The first-order valence-electron chi connectivity index (χ1n) is 7.47. The Hall–Kier alpha value is -2.54. The monoisotopic (exact) mass is 325 g/mol. The molecule has 1 aromatic carbocycles. The summed E-state index contributed by atoms with van der Waals surface area (Å²) in [5.74, 6) is 0.337. The number of hydrogen-bond donors (Lipinski definition) is 1. The smallest absolute Gasteiger partial charge is 0.260 e.